The van der Waals surface area contributed by atoms with Gasteiger partial charge in [-0.05, 0) is 12.3 Å². The molecule has 0 saturated carbocycles. The average molecular weight is 287 g/mol. The molecule has 0 aliphatic rings. The molecule has 1 unspecified atom stereocenters. The van der Waals surface area contributed by atoms with Crippen LogP contribution >= 0.6 is 0 Å². The van der Waals surface area contributed by atoms with Gasteiger partial charge in [-0.3, -0.25) is 4.68 Å². The third-order valence-electron chi connectivity index (χ3n) is 3.39. The summed E-state index contributed by atoms with van der Waals surface area (Å²) in [5.74, 6) is 0.514. The first kappa shape index (κ1) is 15.7. The van der Waals surface area contributed by atoms with Crippen molar-refractivity contribution in [2.24, 2.45) is 13.0 Å². The fraction of sp³-hybridized carbons (Fsp3) is 0.471. The van der Waals surface area contributed by atoms with Crippen LogP contribution in [0.4, 0.5) is 0 Å². The van der Waals surface area contributed by atoms with Gasteiger partial charge in [0.2, 0.25) is 0 Å². The summed E-state index contributed by atoms with van der Waals surface area (Å²) >= 11 is 0. The number of aliphatic hydroxyl groups is 1. The van der Waals surface area contributed by atoms with Gasteiger partial charge >= 0.3 is 0 Å². The van der Waals surface area contributed by atoms with E-state index in [2.05, 4.69) is 36.4 Å². The van der Waals surface area contributed by atoms with Crippen LogP contribution in [0.2, 0.25) is 0 Å². The third kappa shape index (κ3) is 4.69. The van der Waals surface area contributed by atoms with E-state index in [0.29, 0.717) is 19.0 Å². The summed E-state index contributed by atoms with van der Waals surface area (Å²) in [6, 6.07) is 10.2. The summed E-state index contributed by atoms with van der Waals surface area (Å²) in [7, 11) is 1.93. The summed E-state index contributed by atoms with van der Waals surface area (Å²) < 4.78 is 1.84. The quantitative estimate of drug-likeness (QED) is 0.823. The van der Waals surface area contributed by atoms with Crippen molar-refractivity contribution in [1.29, 1.82) is 0 Å². The van der Waals surface area contributed by atoms with E-state index in [1.165, 1.54) is 0 Å². The predicted molar refractivity (Wildman–Crippen MR) is 85.8 cm³/mol. The van der Waals surface area contributed by atoms with Crippen LogP contribution < -0.4 is 5.32 Å². The summed E-state index contributed by atoms with van der Waals surface area (Å²) in [5.41, 5.74) is 3.28. The maximum Gasteiger partial charge on any atom is 0.0967 e. The van der Waals surface area contributed by atoms with E-state index in [1.54, 1.807) is 0 Å². The molecular formula is C17H25N3O. The molecule has 2 N–H and O–H groups in total. The van der Waals surface area contributed by atoms with Gasteiger partial charge in [0.05, 0.1) is 11.8 Å². The third-order valence-corrected chi connectivity index (χ3v) is 3.39. The van der Waals surface area contributed by atoms with E-state index in [1.807, 2.05) is 36.1 Å². The molecule has 1 aromatic heterocycles. The lowest BCUT2D eigenvalue weighted by Gasteiger charge is -2.13. The Morgan fingerprint density at radius 3 is 2.62 bits per heavy atom. The molecule has 0 radical (unpaired) electrons. The number of rotatable bonds is 7. The van der Waals surface area contributed by atoms with E-state index < -0.39 is 0 Å². The van der Waals surface area contributed by atoms with Gasteiger partial charge in [-0.2, -0.15) is 5.10 Å². The maximum atomic E-state index is 9.91. The fourth-order valence-electron chi connectivity index (χ4n) is 2.51. The van der Waals surface area contributed by atoms with Gasteiger partial charge in [0, 0.05) is 37.5 Å². The van der Waals surface area contributed by atoms with Crippen molar-refractivity contribution in [2.45, 2.75) is 32.9 Å². The summed E-state index contributed by atoms with van der Waals surface area (Å²) in [6.07, 6.45) is 2.57. The minimum atomic E-state index is -0.290. The van der Waals surface area contributed by atoms with Crippen LogP contribution in [0, 0.1) is 5.92 Å². The Morgan fingerprint density at radius 1 is 1.24 bits per heavy atom. The molecule has 2 aromatic rings. The first-order valence-electron chi connectivity index (χ1n) is 7.53. The predicted octanol–water partition coefficient (Wildman–Crippen LogP) is 2.58. The second kappa shape index (κ2) is 7.38. The summed E-state index contributed by atoms with van der Waals surface area (Å²) in [4.78, 5) is 0. The minimum Gasteiger partial charge on any atom is -0.392 e. The molecule has 4 heteroatoms. The first-order chi connectivity index (χ1) is 10.1. The molecule has 1 atom stereocenters. The largest absolute Gasteiger partial charge is 0.392 e. The molecule has 0 bridgehead atoms. The molecule has 1 heterocycles. The van der Waals surface area contributed by atoms with Crippen LogP contribution in [0.25, 0.3) is 11.3 Å². The van der Waals surface area contributed by atoms with Crippen molar-refractivity contribution in [3.05, 3.63) is 42.1 Å². The SMILES string of the molecule is CC(C)CC(O)CNCc1cn(C)nc1-c1ccccc1. The molecule has 0 fully saturated rings. The lowest BCUT2D eigenvalue weighted by molar-refractivity contribution is 0.146. The Morgan fingerprint density at radius 2 is 1.95 bits per heavy atom. The fourth-order valence-corrected chi connectivity index (χ4v) is 2.51. The number of hydrogen-bond donors (Lipinski definition) is 2. The molecule has 0 aliphatic carbocycles. The highest BCUT2D eigenvalue weighted by Gasteiger charge is 2.11. The number of nitrogens with zero attached hydrogens (tertiary/aromatic N) is 2. The number of nitrogens with one attached hydrogen (secondary N) is 1. The first-order valence-corrected chi connectivity index (χ1v) is 7.53. The zero-order chi connectivity index (χ0) is 15.2. The highest BCUT2D eigenvalue weighted by Crippen LogP contribution is 2.21. The van der Waals surface area contributed by atoms with Crippen molar-refractivity contribution in [2.75, 3.05) is 6.54 Å². The highest BCUT2D eigenvalue weighted by molar-refractivity contribution is 5.62. The molecule has 114 valence electrons. The second-order valence-corrected chi connectivity index (χ2v) is 5.96. The lowest BCUT2D eigenvalue weighted by atomic mass is 10.1. The summed E-state index contributed by atoms with van der Waals surface area (Å²) in [5, 5.41) is 17.8. The van der Waals surface area contributed by atoms with Gasteiger partial charge in [-0.25, -0.2) is 0 Å². The molecule has 2 rings (SSSR count). The zero-order valence-electron chi connectivity index (χ0n) is 13.1. The molecule has 4 nitrogen and oxygen atoms in total. The standard InChI is InChI=1S/C17H25N3O/c1-13(2)9-16(21)11-18-10-15-12-20(3)19-17(15)14-7-5-4-6-8-14/h4-8,12-13,16,18,21H,9-11H2,1-3H3. The monoisotopic (exact) mass is 287 g/mol. The van der Waals surface area contributed by atoms with Crippen LogP contribution in [-0.4, -0.2) is 27.5 Å². The van der Waals surface area contributed by atoms with Gasteiger partial charge in [-0.15, -0.1) is 0 Å². The Bertz CT molecular complexity index is 548. The number of benzene rings is 1. The van der Waals surface area contributed by atoms with Crippen LogP contribution in [0.1, 0.15) is 25.8 Å². The van der Waals surface area contributed by atoms with Gasteiger partial charge < -0.3 is 10.4 Å². The van der Waals surface area contributed by atoms with Gasteiger partial charge in [0.25, 0.3) is 0 Å². The van der Waals surface area contributed by atoms with Gasteiger partial charge in [0.1, 0.15) is 0 Å². The molecule has 0 spiro atoms. The van der Waals surface area contributed by atoms with Crippen molar-refractivity contribution in [3.63, 3.8) is 0 Å². The normalized spacial score (nSPS) is 12.8. The van der Waals surface area contributed by atoms with E-state index in [9.17, 15) is 5.11 Å². The van der Waals surface area contributed by atoms with E-state index in [4.69, 9.17) is 0 Å². The second-order valence-electron chi connectivity index (χ2n) is 5.96. The van der Waals surface area contributed by atoms with Gasteiger partial charge in [0.15, 0.2) is 0 Å². The van der Waals surface area contributed by atoms with Crippen LogP contribution in [-0.2, 0) is 13.6 Å². The molecule has 21 heavy (non-hydrogen) atoms. The van der Waals surface area contributed by atoms with Crippen molar-refractivity contribution in [3.8, 4) is 11.3 Å². The van der Waals surface area contributed by atoms with E-state index in [-0.39, 0.29) is 6.10 Å². The molecule has 0 amide bonds. The minimum absolute atomic E-state index is 0.290. The number of aromatic nitrogens is 2. The summed E-state index contributed by atoms with van der Waals surface area (Å²) in [6.45, 7) is 5.57. The zero-order valence-corrected chi connectivity index (χ0v) is 13.1. The Balaban J connectivity index is 1.98. The van der Waals surface area contributed by atoms with Gasteiger partial charge in [-0.1, -0.05) is 44.2 Å². The Hall–Kier alpha value is -1.65. The maximum absolute atomic E-state index is 9.91. The topological polar surface area (TPSA) is 50.1 Å². The van der Waals surface area contributed by atoms with Crippen molar-refractivity contribution in [1.82, 2.24) is 15.1 Å². The molecule has 0 aliphatic heterocycles. The lowest BCUT2D eigenvalue weighted by Crippen LogP contribution is -2.27. The number of hydrogen-bond acceptors (Lipinski definition) is 3. The molecular weight excluding hydrogens is 262 g/mol. The number of aryl methyl sites for hydroxylation is 1. The molecule has 1 aromatic carbocycles. The van der Waals surface area contributed by atoms with E-state index >= 15 is 0 Å². The highest BCUT2D eigenvalue weighted by atomic mass is 16.3. The average Bonchev–Trinajstić information content (AvgIpc) is 2.80. The molecule has 0 saturated heterocycles. The van der Waals surface area contributed by atoms with Crippen LogP contribution in [0.15, 0.2) is 36.5 Å². The van der Waals surface area contributed by atoms with Crippen LogP contribution in [0.5, 0.6) is 0 Å². The van der Waals surface area contributed by atoms with E-state index in [0.717, 1.165) is 23.2 Å². The van der Waals surface area contributed by atoms with Crippen molar-refractivity contribution >= 4 is 0 Å². The Labute approximate surface area is 126 Å². The number of aliphatic hydroxyl groups excluding tert-OH is 1. The van der Waals surface area contributed by atoms with Crippen molar-refractivity contribution < 1.29 is 5.11 Å². The smallest absolute Gasteiger partial charge is 0.0967 e. The van der Waals surface area contributed by atoms with Crippen LogP contribution in [0.3, 0.4) is 0 Å². The Kier molecular flexibility index (Phi) is 5.53.